The lowest BCUT2D eigenvalue weighted by Crippen LogP contribution is -2.50. The summed E-state index contributed by atoms with van der Waals surface area (Å²) in [5.74, 6) is -1.52. The van der Waals surface area contributed by atoms with Crippen LogP contribution in [0.3, 0.4) is 0 Å². The molecule has 0 radical (unpaired) electrons. The minimum Gasteiger partial charge on any atom is -0.477 e. The normalized spacial score (nSPS) is 13.8. The van der Waals surface area contributed by atoms with Crippen molar-refractivity contribution in [2.45, 2.75) is 187 Å². The van der Waals surface area contributed by atoms with Crippen molar-refractivity contribution < 1.29 is 38.2 Å². The van der Waals surface area contributed by atoms with E-state index in [-0.39, 0.29) is 36.2 Å². The fourth-order valence-electron chi connectivity index (χ4n) is 6.56. The summed E-state index contributed by atoms with van der Waals surface area (Å²) in [4.78, 5) is 37.1. The Kier molecular flexibility index (Phi) is 41.2. The summed E-state index contributed by atoms with van der Waals surface area (Å²) in [7, 11) is 5.51. The Morgan fingerprint density at radius 1 is 0.516 bits per heavy atom. The third-order valence-corrected chi connectivity index (χ3v) is 10.3. The number of unbranched alkanes of at least 4 members (excludes halogenated alkanes) is 15. The number of esters is 2. The van der Waals surface area contributed by atoms with E-state index in [1.165, 1.54) is 44.9 Å². The second kappa shape index (κ2) is 43.9. The Labute approximate surface area is 379 Å². The number of aliphatic carboxylic acids is 1. The van der Waals surface area contributed by atoms with Crippen molar-refractivity contribution in [2.24, 2.45) is 0 Å². The van der Waals surface area contributed by atoms with Crippen LogP contribution >= 0.6 is 0 Å². The minimum absolute atomic E-state index is 0.0416. The zero-order chi connectivity index (χ0) is 45.6. The largest absolute Gasteiger partial charge is 0.477 e. The first kappa shape index (κ1) is 58.2. The van der Waals surface area contributed by atoms with Gasteiger partial charge in [0.05, 0.1) is 34.4 Å². The molecule has 8 nitrogen and oxygen atoms in total. The molecule has 0 aromatic heterocycles. The molecule has 1 N–H and O–H groups in total. The maximum absolute atomic E-state index is 12.8. The van der Waals surface area contributed by atoms with E-state index >= 15 is 0 Å². The molecule has 0 saturated heterocycles. The molecule has 0 fully saturated rings. The number of hydrogen-bond acceptors (Lipinski definition) is 6. The Hall–Kier alpha value is -3.75. The van der Waals surface area contributed by atoms with E-state index in [0.29, 0.717) is 19.3 Å². The van der Waals surface area contributed by atoms with Crippen molar-refractivity contribution in [3.8, 4) is 0 Å². The summed E-state index contributed by atoms with van der Waals surface area (Å²) >= 11 is 0. The summed E-state index contributed by atoms with van der Waals surface area (Å²) in [6.07, 6.45) is 58.7. The molecule has 0 aromatic carbocycles. The number of nitrogens with zero attached hydrogens (tertiary/aromatic N) is 1. The van der Waals surface area contributed by atoms with Crippen LogP contribution < -0.4 is 0 Å². The molecule has 8 heteroatoms. The van der Waals surface area contributed by atoms with Crippen molar-refractivity contribution in [1.29, 1.82) is 0 Å². The molecule has 0 rings (SSSR count). The quantitative estimate of drug-likeness (QED) is 0.0214. The maximum atomic E-state index is 12.8. The van der Waals surface area contributed by atoms with Crippen molar-refractivity contribution >= 4 is 17.9 Å². The van der Waals surface area contributed by atoms with Crippen LogP contribution in [0.15, 0.2) is 97.2 Å². The average Bonchev–Trinajstić information content (AvgIpc) is 3.23. The molecule has 0 aliphatic rings. The number of quaternary nitrogens is 1. The highest BCUT2D eigenvalue weighted by Gasteiger charge is 2.31. The van der Waals surface area contributed by atoms with Gasteiger partial charge in [-0.3, -0.25) is 9.59 Å². The van der Waals surface area contributed by atoms with Gasteiger partial charge in [-0.1, -0.05) is 175 Å². The summed E-state index contributed by atoms with van der Waals surface area (Å²) < 4.78 is 17.3. The molecule has 0 aliphatic heterocycles. The second-order valence-corrected chi connectivity index (χ2v) is 17.1. The molecule has 0 bridgehead atoms. The van der Waals surface area contributed by atoms with E-state index < -0.39 is 18.1 Å². The lowest BCUT2D eigenvalue weighted by Gasteiger charge is -2.31. The van der Waals surface area contributed by atoms with E-state index in [2.05, 4.69) is 105 Å². The highest BCUT2D eigenvalue weighted by Crippen LogP contribution is 2.13. The SMILES string of the molecule is CC/C=C/C/C=C/C/C=C/C/C=C/CCCCCCCCCC(=O)OCC(COCCC(C(=O)O)[N+](C)(C)C)OC(=O)CCCCCCC/C=C/C=C/C=C/C=C/CCCCC. The molecule has 0 saturated carbocycles. The highest BCUT2D eigenvalue weighted by atomic mass is 16.6. The van der Waals surface area contributed by atoms with Crippen molar-refractivity contribution in [2.75, 3.05) is 41.0 Å². The molecule has 352 valence electrons. The molecular weight excluding hydrogens is 775 g/mol. The molecular formula is C54H90NO7+. The van der Waals surface area contributed by atoms with Gasteiger partial charge in [-0.15, -0.1) is 0 Å². The van der Waals surface area contributed by atoms with E-state index in [1.54, 1.807) is 0 Å². The van der Waals surface area contributed by atoms with Crippen LogP contribution in [0.1, 0.15) is 174 Å². The average molecular weight is 865 g/mol. The molecule has 0 aromatic rings. The summed E-state index contributed by atoms with van der Waals surface area (Å²) in [6.45, 7) is 4.54. The Bertz CT molecular complexity index is 1330. The van der Waals surface area contributed by atoms with Gasteiger partial charge in [0, 0.05) is 19.3 Å². The van der Waals surface area contributed by atoms with Crippen LogP contribution in [-0.2, 0) is 28.6 Å². The first-order chi connectivity index (χ1) is 30.1. The van der Waals surface area contributed by atoms with Crippen LogP contribution in [0.5, 0.6) is 0 Å². The van der Waals surface area contributed by atoms with E-state index in [9.17, 15) is 19.5 Å². The van der Waals surface area contributed by atoms with Crippen LogP contribution in [0.2, 0.25) is 0 Å². The molecule has 62 heavy (non-hydrogen) atoms. The fourth-order valence-corrected chi connectivity index (χ4v) is 6.56. The number of rotatable bonds is 42. The molecule has 0 heterocycles. The van der Waals surface area contributed by atoms with Crippen LogP contribution in [-0.4, -0.2) is 80.6 Å². The predicted octanol–water partition coefficient (Wildman–Crippen LogP) is 13.9. The van der Waals surface area contributed by atoms with Crippen molar-refractivity contribution in [3.05, 3.63) is 97.2 Å². The molecule has 2 unspecified atom stereocenters. The molecule has 2 atom stereocenters. The number of carboxylic acids is 1. The fraction of sp³-hybridized carbons (Fsp3) is 0.648. The van der Waals surface area contributed by atoms with Gasteiger partial charge in [0.15, 0.2) is 12.1 Å². The summed E-state index contributed by atoms with van der Waals surface area (Å²) in [6, 6.07) is -0.627. The lowest BCUT2D eigenvalue weighted by molar-refractivity contribution is -0.887. The van der Waals surface area contributed by atoms with Gasteiger partial charge < -0.3 is 23.8 Å². The van der Waals surface area contributed by atoms with E-state index in [1.807, 2.05) is 27.2 Å². The van der Waals surface area contributed by atoms with E-state index in [0.717, 1.165) is 96.3 Å². The number of carbonyl (C=O) groups excluding carboxylic acids is 2. The standard InChI is InChI=1S/C54H89NO7/c1-6-8-10-12-14-16-18-20-22-24-26-27-29-30-32-34-36-38-40-42-44-52(56)61-49-50(48-60-47-46-51(54(58)59)55(3,4)5)62-53(57)45-43-41-39-37-35-33-31-28-25-23-21-19-17-15-13-11-9-7-2/h8,10,14-17,19-23,25-28,31,50-51H,6-7,9,11-13,18,24,29-30,32-49H2,1-5H3/p+1/b10-8+,16-14+,17-15+,21-19+,22-20+,25-23+,27-26+,31-28+. The summed E-state index contributed by atoms with van der Waals surface area (Å²) in [5.41, 5.74) is 0. The number of hydrogen-bond donors (Lipinski definition) is 1. The van der Waals surface area contributed by atoms with Gasteiger partial charge in [0.25, 0.3) is 0 Å². The third kappa shape index (κ3) is 41.6. The van der Waals surface area contributed by atoms with Gasteiger partial charge >= 0.3 is 17.9 Å². The number of carbonyl (C=O) groups is 3. The van der Waals surface area contributed by atoms with Gasteiger partial charge in [0.1, 0.15) is 6.61 Å². The Morgan fingerprint density at radius 3 is 1.48 bits per heavy atom. The third-order valence-electron chi connectivity index (χ3n) is 10.3. The van der Waals surface area contributed by atoms with E-state index in [4.69, 9.17) is 14.2 Å². The summed E-state index contributed by atoms with van der Waals surface area (Å²) in [5, 5.41) is 9.64. The monoisotopic (exact) mass is 865 g/mol. The Morgan fingerprint density at radius 2 is 0.968 bits per heavy atom. The van der Waals surface area contributed by atoms with Gasteiger partial charge in [0.2, 0.25) is 0 Å². The highest BCUT2D eigenvalue weighted by molar-refractivity contribution is 5.72. The van der Waals surface area contributed by atoms with Gasteiger partial charge in [-0.2, -0.15) is 0 Å². The number of allylic oxidation sites excluding steroid dienone is 16. The zero-order valence-electron chi connectivity index (χ0n) is 40.0. The van der Waals surface area contributed by atoms with Crippen molar-refractivity contribution in [1.82, 2.24) is 0 Å². The first-order valence-corrected chi connectivity index (χ1v) is 24.3. The number of carboxylic acid groups (broad SMARTS) is 1. The van der Waals surface area contributed by atoms with Gasteiger partial charge in [-0.05, 0) is 77.0 Å². The smallest absolute Gasteiger partial charge is 0.362 e. The second-order valence-electron chi connectivity index (χ2n) is 17.1. The maximum Gasteiger partial charge on any atom is 0.362 e. The molecule has 0 amide bonds. The van der Waals surface area contributed by atoms with Crippen molar-refractivity contribution in [3.63, 3.8) is 0 Å². The van der Waals surface area contributed by atoms with Crippen LogP contribution in [0, 0.1) is 0 Å². The lowest BCUT2D eigenvalue weighted by atomic mass is 10.1. The molecule has 0 spiro atoms. The van der Waals surface area contributed by atoms with Gasteiger partial charge in [-0.25, -0.2) is 4.79 Å². The Balaban J connectivity index is 4.38. The van der Waals surface area contributed by atoms with Crippen LogP contribution in [0.25, 0.3) is 0 Å². The number of likely N-dealkylation sites (N-methyl/N-ethyl adjacent to an activating group) is 1. The molecule has 0 aliphatic carbocycles. The van der Waals surface area contributed by atoms with Crippen LogP contribution in [0.4, 0.5) is 0 Å². The zero-order valence-corrected chi connectivity index (χ0v) is 40.0. The minimum atomic E-state index is -0.885. The topological polar surface area (TPSA) is 99.1 Å². The first-order valence-electron chi connectivity index (χ1n) is 24.3. The predicted molar refractivity (Wildman–Crippen MR) is 261 cm³/mol. The number of ether oxygens (including phenoxy) is 3.